The average molecular weight is 421 g/mol. The molecular formula is C17H22F3N3O4S. The Morgan fingerprint density at radius 1 is 1.14 bits per heavy atom. The summed E-state index contributed by atoms with van der Waals surface area (Å²) in [5, 5.41) is 7.49. The number of benzene rings is 1. The maximum absolute atomic E-state index is 12.6. The number of hydrogen-bond donors (Lipinski definition) is 3. The van der Waals surface area contributed by atoms with E-state index >= 15 is 0 Å². The Balaban J connectivity index is 1.97. The van der Waals surface area contributed by atoms with Gasteiger partial charge in [0.15, 0.2) is 9.84 Å². The van der Waals surface area contributed by atoms with E-state index in [0.29, 0.717) is 6.42 Å². The fourth-order valence-corrected chi connectivity index (χ4v) is 4.45. The minimum atomic E-state index is -4.48. The number of amides is 3. The summed E-state index contributed by atoms with van der Waals surface area (Å²) in [6.45, 7) is 3.38. The zero-order valence-corrected chi connectivity index (χ0v) is 16.2. The summed E-state index contributed by atoms with van der Waals surface area (Å²) in [4.78, 5) is 24.6. The van der Waals surface area contributed by atoms with Crippen molar-refractivity contribution in [2.24, 2.45) is 5.92 Å². The minimum Gasteiger partial charge on any atom is -0.334 e. The highest BCUT2D eigenvalue weighted by molar-refractivity contribution is 7.91. The van der Waals surface area contributed by atoms with E-state index in [1.807, 2.05) is 0 Å². The monoisotopic (exact) mass is 421 g/mol. The summed E-state index contributed by atoms with van der Waals surface area (Å²) in [7, 11) is -3.16. The number of halogens is 3. The van der Waals surface area contributed by atoms with Gasteiger partial charge in [0.25, 0.3) is 0 Å². The van der Waals surface area contributed by atoms with Crippen LogP contribution < -0.4 is 16.0 Å². The first-order valence-corrected chi connectivity index (χ1v) is 10.4. The number of carbonyl (C=O) groups is 2. The number of anilines is 1. The molecule has 2 rings (SSSR count). The van der Waals surface area contributed by atoms with E-state index in [-0.39, 0.29) is 23.1 Å². The Kier molecular flexibility index (Phi) is 6.58. The molecule has 1 saturated heterocycles. The van der Waals surface area contributed by atoms with Crippen LogP contribution in [-0.4, -0.2) is 43.9 Å². The smallest absolute Gasteiger partial charge is 0.334 e. The van der Waals surface area contributed by atoms with Gasteiger partial charge >= 0.3 is 12.2 Å². The molecule has 1 aliphatic heterocycles. The molecule has 0 bridgehead atoms. The largest absolute Gasteiger partial charge is 0.416 e. The Labute approximate surface area is 161 Å². The Morgan fingerprint density at radius 3 is 2.21 bits per heavy atom. The first-order valence-electron chi connectivity index (χ1n) is 8.63. The van der Waals surface area contributed by atoms with Crippen LogP contribution in [-0.2, 0) is 20.8 Å². The minimum absolute atomic E-state index is 0.0000367. The number of rotatable bonds is 5. The highest BCUT2D eigenvalue weighted by Crippen LogP contribution is 2.29. The lowest BCUT2D eigenvalue weighted by atomic mass is 10.0. The van der Waals surface area contributed by atoms with Crippen LogP contribution in [0.2, 0.25) is 0 Å². The van der Waals surface area contributed by atoms with Gasteiger partial charge in [-0.25, -0.2) is 13.2 Å². The Bertz CT molecular complexity index is 823. The Hall–Kier alpha value is -2.30. The molecular weight excluding hydrogens is 399 g/mol. The molecule has 0 spiro atoms. The molecule has 1 heterocycles. The van der Waals surface area contributed by atoms with Gasteiger partial charge in [-0.3, -0.25) is 4.79 Å². The molecule has 0 unspecified atom stereocenters. The summed E-state index contributed by atoms with van der Waals surface area (Å²) < 4.78 is 60.7. The first-order chi connectivity index (χ1) is 12.9. The fraction of sp³-hybridized carbons (Fsp3) is 0.529. The molecule has 0 saturated carbocycles. The molecule has 2 atom stereocenters. The van der Waals surface area contributed by atoms with Gasteiger partial charge < -0.3 is 16.0 Å². The van der Waals surface area contributed by atoms with Gasteiger partial charge in [-0.15, -0.1) is 0 Å². The molecule has 3 amide bonds. The van der Waals surface area contributed by atoms with Crippen molar-refractivity contribution in [1.82, 2.24) is 10.6 Å². The third-order valence-corrected chi connectivity index (χ3v) is 6.05. The van der Waals surface area contributed by atoms with Crippen molar-refractivity contribution in [2.45, 2.75) is 38.5 Å². The summed E-state index contributed by atoms with van der Waals surface area (Å²) in [6.07, 6.45) is -4.17. The molecule has 1 fully saturated rings. The fourth-order valence-electron chi connectivity index (χ4n) is 2.77. The van der Waals surface area contributed by atoms with E-state index in [9.17, 15) is 31.2 Å². The number of nitrogens with one attached hydrogen (secondary N) is 3. The third kappa shape index (κ3) is 6.11. The molecule has 7 nitrogen and oxygen atoms in total. The van der Waals surface area contributed by atoms with Gasteiger partial charge in [0.1, 0.15) is 6.04 Å². The third-order valence-electron chi connectivity index (χ3n) is 4.28. The molecule has 0 aromatic heterocycles. The van der Waals surface area contributed by atoms with E-state index < -0.39 is 45.6 Å². The summed E-state index contributed by atoms with van der Waals surface area (Å²) in [5.74, 6) is -1.05. The molecule has 1 aliphatic rings. The van der Waals surface area contributed by atoms with Crippen LogP contribution in [0.1, 0.15) is 25.8 Å². The van der Waals surface area contributed by atoms with Crippen molar-refractivity contribution < 1.29 is 31.2 Å². The quantitative estimate of drug-likeness (QED) is 0.678. The second kappa shape index (κ2) is 8.38. The zero-order chi connectivity index (χ0) is 21.1. The van der Waals surface area contributed by atoms with Gasteiger partial charge in [0.2, 0.25) is 5.91 Å². The molecule has 1 aromatic carbocycles. The molecule has 0 aliphatic carbocycles. The van der Waals surface area contributed by atoms with Crippen LogP contribution >= 0.6 is 0 Å². The number of alkyl halides is 3. The van der Waals surface area contributed by atoms with E-state index in [0.717, 1.165) is 24.3 Å². The van der Waals surface area contributed by atoms with Gasteiger partial charge in [-0.2, -0.15) is 13.2 Å². The molecule has 28 heavy (non-hydrogen) atoms. The van der Waals surface area contributed by atoms with E-state index in [1.54, 1.807) is 13.8 Å². The van der Waals surface area contributed by atoms with Gasteiger partial charge in [0.05, 0.1) is 17.1 Å². The van der Waals surface area contributed by atoms with Crippen molar-refractivity contribution in [1.29, 1.82) is 0 Å². The zero-order valence-electron chi connectivity index (χ0n) is 15.3. The summed E-state index contributed by atoms with van der Waals surface area (Å²) in [6, 6.07) is 1.80. The molecule has 3 N–H and O–H groups in total. The maximum atomic E-state index is 12.6. The number of carbonyl (C=O) groups excluding carboxylic acids is 2. The lowest BCUT2D eigenvalue weighted by Gasteiger charge is -2.23. The Morgan fingerprint density at radius 2 is 1.75 bits per heavy atom. The highest BCUT2D eigenvalue weighted by Gasteiger charge is 2.32. The molecule has 1 aromatic rings. The SMILES string of the molecule is CC(C)[C@H](NC(=O)N[C@@H]1CCS(=O)(=O)C1)C(=O)Nc1ccc(C(F)(F)F)cc1. The van der Waals surface area contributed by atoms with Crippen LogP contribution in [0.15, 0.2) is 24.3 Å². The molecule has 0 radical (unpaired) electrons. The first kappa shape index (κ1) is 22.0. The number of hydrogen-bond acceptors (Lipinski definition) is 4. The number of urea groups is 1. The van der Waals surface area contributed by atoms with Crippen molar-refractivity contribution in [2.75, 3.05) is 16.8 Å². The van der Waals surface area contributed by atoms with Crippen molar-refractivity contribution in [3.8, 4) is 0 Å². The summed E-state index contributed by atoms with van der Waals surface area (Å²) in [5.41, 5.74) is -0.678. The van der Waals surface area contributed by atoms with E-state index in [1.165, 1.54) is 0 Å². The summed E-state index contributed by atoms with van der Waals surface area (Å²) >= 11 is 0. The van der Waals surface area contributed by atoms with Gasteiger partial charge in [0, 0.05) is 11.7 Å². The average Bonchev–Trinajstić information content (AvgIpc) is 2.90. The van der Waals surface area contributed by atoms with E-state index in [4.69, 9.17) is 0 Å². The second-order valence-corrected chi connectivity index (χ2v) is 9.23. The highest BCUT2D eigenvalue weighted by atomic mass is 32.2. The van der Waals surface area contributed by atoms with Crippen molar-refractivity contribution >= 4 is 27.5 Å². The predicted octanol–water partition coefficient (Wildman–Crippen LogP) is 2.15. The topological polar surface area (TPSA) is 104 Å². The number of sulfone groups is 1. The second-order valence-electron chi connectivity index (χ2n) is 7.00. The van der Waals surface area contributed by atoms with Crippen LogP contribution in [0, 0.1) is 5.92 Å². The van der Waals surface area contributed by atoms with Crippen LogP contribution in [0.4, 0.5) is 23.7 Å². The van der Waals surface area contributed by atoms with E-state index in [2.05, 4.69) is 16.0 Å². The van der Waals surface area contributed by atoms with Gasteiger partial charge in [-0.05, 0) is 36.6 Å². The maximum Gasteiger partial charge on any atom is 0.416 e. The van der Waals surface area contributed by atoms with Crippen LogP contribution in [0.5, 0.6) is 0 Å². The normalized spacial score (nSPS) is 19.9. The van der Waals surface area contributed by atoms with Crippen molar-refractivity contribution in [3.63, 3.8) is 0 Å². The standard InChI is InChI=1S/C17H22F3N3O4S/c1-10(2)14(23-16(25)22-13-7-8-28(26,27)9-13)15(24)21-12-5-3-11(4-6-12)17(18,19)20/h3-6,10,13-14H,7-9H2,1-2H3,(H,21,24)(H2,22,23,25)/t13-,14+/m1/s1. The molecule has 11 heteroatoms. The van der Waals surface area contributed by atoms with Crippen LogP contribution in [0.3, 0.4) is 0 Å². The van der Waals surface area contributed by atoms with Crippen molar-refractivity contribution in [3.05, 3.63) is 29.8 Å². The van der Waals surface area contributed by atoms with Crippen LogP contribution in [0.25, 0.3) is 0 Å². The molecule has 156 valence electrons. The van der Waals surface area contributed by atoms with Gasteiger partial charge in [-0.1, -0.05) is 13.8 Å². The predicted molar refractivity (Wildman–Crippen MR) is 97.4 cm³/mol. The lowest BCUT2D eigenvalue weighted by Crippen LogP contribution is -2.52. The lowest BCUT2D eigenvalue weighted by molar-refractivity contribution is -0.137.